The molecule has 1 unspecified atom stereocenters. The second-order valence-electron chi connectivity index (χ2n) is 3.01. The SMILES string of the molecule is COc1ccc(C(N)CCO)c(F)c1.Cl. The lowest BCUT2D eigenvalue weighted by Crippen LogP contribution is -2.13. The van der Waals surface area contributed by atoms with Crippen molar-refractivity contribution in [2.45, 2.75) is 12.5 Å². The van der Waals surface area contributed by atoms with Crippen molar-refractivity contribution in [2.24, 2.45) is 5.73 Å². The Morgan fingerprint density at radius 3 is 2.67 bits per heavy atom. The van der Waals surface area contributed by atoms with Crippen molar-refractivity contribution in [3.63, 3.8) is 0 Å². The number of rotatable bonds is 4. The smallest absolute Gasteiger partial charge is 0.131 e. The lowest BCUT2D eigenvalue weighted by atomic mass is 10.0. The molecule has 0 aliphatic rings. The molecule has 0 radical (unpaired) electrons. The zero-order valence-corrected chi connectivity index (χ0v) is 9.26. The molecule has 0 saturated heterocycles. The van der Waals surface area contributed by atoms with Crippen LogP contribution < -0.4 is 10.5 Å². The summed E-state index contributed by atoms with van der Waals surface area (Å²) >= 11 is 0. The van der Waals surface area contributed by atoms with Crippen LogP contribution in [0.5, 0.6) is 5.75 Å². The summed E-state index contributed by atoms with van der Waals surface area (Å²) < 4.78 is 18.2. The molecular formula is C10H15ClFNO2. The molecule has 0 aliphatic heterocycles. The highest BCUT2D eigenvalue weighted by molar-refractivity contribution is 5.85. The molecule has 0 fully saturated rings. The van der Waals surface area contributed by atoms with E-state index in [1.807, 2.05) is 0 Å². The van der Waals surface area contributed by atoms with E-state index in [0.29, 0.717) is 17.7 Å². The van der Waals surface area contributed by atoms with Gasteiger partial charge in [-0.2, -0.15) is 0 Å². The molecule has 5 heteroatoms. The Kier molecular flexibility index (Phi) is 6.24. The maximum Gasteiger partial charge on any atom is 0.131 e. The van der Waals surface area contributed by atoms with Crippen molar-refractivity contribution in [3.05, 3.63) is 29.6 Å². The van der Waals surface area contributed by atoms with E-state index in [2.05, 4.69) is 0 Å². The molecule has 0 aromatic heterocycles. The summed E-state index contributed by atoms with van der Waals surface area (Å²) in [5, 5.41) is 8.66. The summed E-state index contributed by atoms with van der Waals surface area (Å²) in [5.74, 6) is 0.0627. The van der Waals surface area contributed by atoms with Gasteiger partial charge in [0, 0.05) is 24.3 Å². The summed E-state index contributed by atoms with van der Waals surface area (Å²) in [6.07, 6.45) is 0.350. The molecule has 0 heterocycles. The molecular weight excluding hydrogens is 221 g/mol. The monoisotopic (exact) mass is 235 g/mol. The lowest BCUT2D eigenvalue weighted by molar-refractivity contribution is 0.275. The number of hydrogen-bond acceptors (Lipinski definition) is 3. The normalized spacial score (nSPS) is 11.7. The summed E-state index contributed by atoms with van der Waals surface area (Å²) in [4.78, 5) is 0. The quantitative estimate of drug-likeness (QED) is 0.834. The van der Waals surface area contributed by atoms with Crippen LogP contribution in [0.15, 0.2) is 18.2 Å². The number of nitrogens with two attached hydrogens (primary N) is 1. The van der Waals surface area contributed by atoms with Crippen molar-refractivity contribution >= 4 is 12.4 Å². The molecule has 1 atom stereocenters. The minimum Gasteiger partial charge on any atom is -0.497 e. The van der Waals surface area contributed by atoms with E-state index < -0.39 is 11.9 Å². The molecule has 0 aliphatic carbocycles. The molecule has 15 heavy (non-hydrogen) atoms. The highest BCUT2D eigenvalue weighted by Crippen LogP contribution is 2.21. The van der Waals surface area contributed by atoms with Crippen LogP contribution in [0, 0.1) is 5.82 Å². The van der Waals surface area contributed by atoms with E-state index in [9.17, 15) is 4.39 Å². The first-order valence-corrected chi connectivity index (χ1v) is 4.39. The lowest BCUT2D eigenvalue weighted by Gasteiger charge is -2.12. The standard InChI is InChI=1S/C10H14FNO2.ClH/c1-14-7-2-3-8(9(11)6-7)10(12)4-5-13;/h2-3,6,10,13H,4-5,12H2,1H3;1H. The van der Waals surface area contributed by atoms with Crippen molar-refractivity contribution in [1.82, 2.24) is 0 Å². The number of ether oxygens (including phenoxy) is 1. The Bertz CT molecular complexity index is 309. The van der Waals surface area contributed by atoms with Crippen LogP contribution in [0.25, 0.3) is 0 Å². The van der Waals surface area contributed by atoms with Gasteiger partial charge in [-0.05, 0) is 12.5 Å². The van der Waals surface area contributed by atoms with Crippen molar-refractivity contribution in [2.75, 3.05) is 13.7 Å². The second-order valence-corrected chi connectivity index (χ2v) is 3.01. The Morgan fingerprint density at radius 1 is 1.53 bits per heavy atom. The van der Waals surface area contributed by atoms with E-state index in [-0.39, 0.29) is 19.0 Å². The first-order chi connectivity index (χ1) is 6.69. The summed E-state index contributed by atoms with van der Waals surface area (Å²) in [5.41, 5.74) is 6.06. The summed E-state index contributed by atoms with van der Waals surface area (Å²) in [6, 6.07) is 4.04. The number of aliphatic hydroxyl groups is 1. The second kappa shape index (κ2) is 6.61. The third-order valence-corrected chi connectivity index (χ3v) is 2.05. The van der Waals surface area contributed by atoms with Crippen molar-refractivity contribution in [3.8, 4) is 5.75 Å². The third kappa shape index (κ3) is 3.66. The molecule has 1 rings (SSSR count). The average Bonchev–Trinajstić information content (AvgIpc) is 2.17. The maximum atomic E-state index is 13.4. The number of aliphatic hydroxyl groups excluding tert-OH is 1. The van der Waals surface area contributed by atoms with Crippen molar-refractivity contribution in [1.29, 1.82) is 0 Å². The van der Waals surface area contributed by atoms with Gasteiger partial charge in [-0.1, -0.05) is 6.07 Å². The van der Waals surface area contributed by atoms with Crippen LogP contribution in [0.3, 0.4) is 0 Å². The molecule has 0 spiro atoms. The van der Waals surface area contributed by atoms with E-state index in [1.54, 1.807) is 12.1 Å². The predicted molar refractivity (Wildman–Crippen MR) is 58.8 cm³/mol. The van der Waals surface area contributed by atoms with E-state index in [0.717, 1.165) is 0 Å². The molecule has 3 N–H and O–H groups in total. The Morgan fingerprint density at radius 2 is 2.20 bits per heavy atom. The van der Waals surface area contributed by atoms with Crippen LogP contribution in [0.1, 0.15) is 18.0 Å². The van der Waals surface area contributed by atoms with Crippen LogP contribution in [-0.4, -0.2) is 18.8 Å². The Labute approximate surface area is 94.5 Å². The molecule has 0 bridgehead atoms. The van der Waals surface area contributed by atoms with Gasteiger partial charge in [-0.15, -0.1) is 12.4 Å². The van der Waals surface area contributed by atoms with Crippen LogP contribution in [0.2, 0.25) is 0 Å². The molecule has 0 amide bonds. The molecule has 1 aromatic rings. The van der Waals surface area contributed by atoms with E-state index in [4.69, 9.17) is 15.6 Å². The Balaban J connectivity index is 0.00000196. The number of halogens is 2. The van der Waals surface area contributed by atoms with Gasteiger partial charge in [0.15, 0.2) is 0 Å². The van der Waals surface area contributed by atoms with E-state index in [1.165, 1.54) is 13.2 Å². The van der Waals surface area contributed by atoms with Crippen LogP contribution >= 0.6 is 12.4 Å². The predicted octanol–water partition coefficient (Wildman–Crippen LogP) is 1.64. The first kappa shape index (κ1) is 14.2. The number of methoxy groups -OCH3 is 1. The van der Waals surface area contributed by atoms with Crippen molar-refractivity contribution < 1.29 is 14.2 Å². The molecule has 3 nitrogen and oxygen atoms in total. The van der Waals surface area contributed by atoms with Gasteiger partial charge in [0.25, 0.3) is 0 Å². The zero-order chi connectivity index (χ0) is 10.6. The summed E-state index contributed by atoms with van der Waals surface area (Å²) in [7, 11) is 1.47. The average molecular weight is 236 g/mol. The molecule has 1 aromatic carbocycles. The van der Waals surface area contributed by atoms with Gasteiger partial charge in [0.1, 0.15) is 11.6 Å². The third-order valence-electron chi connectivity index (χ3n) is 2.05. The largest absolute Gasteiger partial charge is 0.497 e. The maximum absolute atomic E-state index is 13.4. The number of benzene rings is 1. The number of hydrogen-bond donors (Lipinski definition) is 2. The first-order valence-electron chi connectivity index (χ1n) is 4.39. The topological polar surface area (TPSA) is 55.5 Å². The minimum atomic E-state index is -0.467. The molecule has 0 saturated carbocycles. The highest BCUT2D eigenvalue weighted by atomic mass is 35.5. The highest BCUT2D eigenvalue weighted by Gasteiger charge is 2.11. The van der Waals surface area contributed by atoms with Crippen LogP contribution in [-0.2, 0) is 0 Å². The minimum absolute atomic E-state index is 0. The van der Waals surface area contributed by atoms with Gasteiger partial charge >= 0.3 is 0 Å². The Hall–Kier alpha value is -0.840. The van der Waals surface area contributed by atoms with Gasteiger partial charge < -0.3 is 15.6 Å². The summed E-state index contributed by atoms with van der Waals surface area (Å²) in [6.45, 7) is -0.0490. The van der Waals surface area contributed by atoms with Crippen LogP contribution in [0.4, 0.5) is 4.39 Å². The van der Waals surface area contributed by atoms with Gasteiger partial charge in [-0.25, -0.2) is 4.39 Å². The fourth-order valence-corrected chi connectivity index (χ4v) is 1.23. The van der Waals surface area contributed by atoms with Gasteiger partial charge in [0.05, 0.1) is 7.11 Å². The van der Waals surface area contributed by atoms with Gasteiger partial charge in [0.2, 0.25) is 0 Å². The fraction of sp³-hybridized carbons (Fsp3) is 0.400. The zero-order valence-electron chi connectivity index (χ0n) is 8.44. The molecule has 86 valence electrons. The fourth-order valence-electron chi connectivity index (χ4n) is 1.23. The van der Waals surface area contributed by atoms with Gasteiger partial charge in [-0.3, -0.25) is 0 Å². The van der Waals surface area contributed by atoms with E-state index >= 15 is 0 Å².